The van der Waals surface area contributed by atoms with Gasteiger partial charge in [0, 0.05) is 13.4 Å². The third-order valence-electron chi connectivity index (χ3n) is 9.71. The molecule has 72 heavy (non-hydrogen) atoms. The Hall–Kier alpha value is -5.39. The molecular weight excluding hydrogens is 1350 g/mol. The average molecular weight is 1380 g/mol. The van der Waals surface area contributed by atoms with E-state index in [0.717, 1.165) is 41.4 Å². The number of halogens is 11. The van der Waals surface area contributed by atoms with Gasteiger partial charge in [0.15, 0.2) is 0 Å². The Labute approximate surface area is 470 Å². The molecule has 0 fully saturated rings. The molecular formula is C51H36BBr6ClF4N6O3. The standard InChI is InChI=1S/C17H11BrF2N2O.C17H13BrN2O.C16H11BrN2O.CHClF2.BBr3/c18-14-5-7-16(23-17(19)20)11(8-14)4-6-15-12(9-21)2-1-3-13(15)10-22;1-21-17-8-6-15(18)9-12(17)5-7-16-13(10-19)3-2-4-14(16)11-20;17-14-5-7-16(20)11(8-14)4-6-15-12(9-18)2-1-3-13(15)10-19;2*2-1(3)4/h1-3,5,7-8,17H,4,6H2;2-4,6,8-9H,5,7H2,1H3;1-3,5,7-8,20H,4,6H2;1H;. The normalized spacial score (nSPS) is 9.67. The predicted molar refractivity (Wildman–Crippen MR) is 292 cm³/mol. The monoisotopic (exact) mass is 1380 g/mol. The van der Waals surface area contributed by atoms with Gasteiger partial charge in [-0.15, -0.1) is 47.3 Å². The van der Waals surface area contributed by atoms with Gasteiger partial charge in [-0.25, -0.2) is 0 Å². The van der Waals surface area contributed by atoms with Crippen LogP contribution in [-0.2, 0) is 38.5 Å². The second kappa shape index (κ2) is 34.1. The van der Waals surface area contributed by atoms with Crippen molar-refractivity contribution in [2.75, 3.05) is 7.11 Å². The zero-order valence-electron chi connectivity index (χ0n) is 37.5. The van der Waals surface area contributed by atoms with E-state index in [1.807, 2.05) is 24.3 Å². The van der Waals surface area contributed by atoms with E-state index in [4.69, 9.17) is 25.8 Å². The van der Waals surface area contributed by atoms with Crippen LogP contribution in [0, 0.1) is 68.0 Å². The number of phenols is 1. The molecule has 6 rings (SSSR count). The summed E-state index contributed by atoms with van der Waals surface area (Å²) < 4.78 is 57.9. The van der Waals surface area contributed by atoms with E-state index in [9.17, 15) is 33.2 Å². The summed E-state index contributed by atoms with van der Waals surface area (Å²) in [5.74, 6) is -1.57. The molecule has 0 saturated heterocycles. The minimum Gasteiger partial charge on any atom is -0.508 e. The van der Waals surface area contributed by atoms with Crippen LogP contribution in [0.5, 0.6) is 17.2 Å². The number of hydrogen-bond donors (Lipinski definition) is 1. The van der Waals surface area contributed by atoms with Crippen LogP contribution in [0.25, 0.3) is 0 Å². The summed E-state index contributed by atoms with van der Waals surface area (Å²) in [7, 11) is 1.64. The maximum Gasteiger partial charge on any atom is 0.387 e. The lowest BCUT2D eigenvalue weighted by Crippen LogP contribution is -2.06. The van der Waals surface area contributed by atoms with E-state index in [1.54, 1.807) is 86.0 Å². The number of alkyl halides is 5. The predicted octanol–water partition coefficient (Wildman–Crippen LogP) is 15.9. The van der Waals surface area contributed by atoms with Crippen LogP contribution >= 0.6 is 107 Å². The molecule has 6 aromatic rings. The number of nitrogens with zero attached hydrogens (tertiary/aromatic N) is 6. The van der Waals surface area contributed by atoms with E-state index >= 15 is 0 Å². The van der Waals surface area contributed by atoms with Crippen molar-refractivity contribution in [1.29, 1.82) is 31.6 Å². The van der Waals surface area contributed by atoms with Gasteiger partial charge in [0.1, 0.15) is 17.2 Å². The first-order valence-corrected chi connectivity index (χ1v) is 26.1. The quantitative estimate of drug-likeness (QED) is 0.0708. The summed E-state index contributed by atoms with van der Waals surface area (Å²) in [6, 6.07) is 43.7. The lowest BCUT2D eigenvalue weighted by molar-refractivity contribution is -0.0504. The summed E-state index contributed by atoms with van der Waals surface area (Å²) in [4.78, 5) is 0. The maximum atomic E-state index is 12.5. The average Bonchev–Trinajstić information content (AvgIpc) is 3.35. The molecule has 6 aromatic carbocycles. The van der Waals surface area contributed by atoms with E-state index < -0.39 is 12.5 Å². The van der Waals surface area contributed by atoms with Gasteiger partial charge in [-0.05, 0) is 163 Å². The first-order chi connectivity index (χ1) is 34.4. The van der Waals surface area contributed by atoms with Gasteiger partial charge in [0.05, 0.1) is 76.9 Å². The van der Waals surface area contributed by atoms with Crippen LogP contribution in [0.2, 0.25) is 0 Å². The molecule has 1 N–H and O–H groups in total. The Bertz CT molecular complexity index is 2920. The van der Waals surface area contributed by atoms with Crippen molar-refractivity contribution in [3.8, 4) is 53.7 Å². The van der Waals surface area contributed by atoms with Crippen LogP contribution in [0.3, 0.4) is 0 Å². The Kier molecular flexibility index (Phi) is 29.7. The Balaban J connectivity index is 0.000000344. The Morgan fingerprint density at radius 3 is 1.08 bits per heavy atom. The fraction of sp³-hybridized carbons (Fsp3) is 0.176. The van der Waals surface area contributed by atoms with E-state index in [1.165, 1.54) is 6.07 Å². The molecule has 0 unspecified atom stereocenters. The molecule has 0 aliphatic rings. The topological polar surface area (TPSA) is 181 Å². The molecule has 0 radical (unpaired) electrons. The highest BCUT2D eigenvalue weighted by Crippen LogP contribution is 2.29. The van der Waals surface area contributed by atoms with Gasteiger partial charge in [-0.3, -0.25) is 0 Å². The minimum atomic E-state index is -2.91. The van der Waals surface area contributed by atoms with Crippen molar-refractivity contribution in [2.45, 2.75) is 51.0 Å². The summed E-state index contributed by atoms with van der Waals surface area (Å²) >= 11 is 23.4. The molecule has 21 heteroatoms. The number of rotatable bonds is 12. The van der Waals surface area contributed by atoms with Gasteiger partial charge in [0.2, 0.25) is 0 Å². The molecule has 0 bridgehead atoms. The van der Waals surface area contributed by atoms with Crippen LogP contribution in [0.1, 0.15) is 66.8 Å². The van der Waals surface area contributed by atoms with Crippen molar-refractivity contribution >= 4 is 110 Å². The van der Waals surface area contributed by atoms with Crippen molar-refractivity contribution in [3.63, 3.8) is 0 Å². The molecule has 0 saturated carbocycles. The smallest absolute Gasteiger partial charge is 0.387 e. The zero-order chi connectivity index (χ0) is 53.8. The van der Waals surface area contributed by atoms with Crippen molar-refractivity contribution in [3.05, 3.63) is 189 Å². The molecule has 0 aliphatic heterocycles. The van der Waals surface area contributed by atoms with Gasteiger partial charge in [-0.1, -0.05) is 77.6 Å². The number of aromatic hydroxyl groups is 1. The number of nitriles is 6. The summed E-state index contributed by atoms with van der Waals surface area (Å²) in [6.07, 6.45) is 3.18. The number of hydrogen-bond acceptors (Lipinski definition) is 9. The van der Waals surface area contributed by atoms with Crippen LogP contribution in [-0.4, -0.2) is 27.9 Å². The van der Waals surface area contributed by atoms with Gasteiger partial charge >= 0.3 is 15.7 Å². The van der Waals surface area contributed by atoms with E-state index in [-0.39, 0.29) is 14.7 Å². The zero-order valence-corrected chi connectivity index (χ0v) is 47.7. The number of benzene rings is 6. The van der Waals surface area contributed by atoms with Gasteiger partial charge in [0.25, 0.3) is 0 Å². The molecule has 368 valence electrons. The fourth-order valence-corrected chi connectivity index (χ4v) is 7.85. The van der Waals surface area contributed by atoms with Crippen LogP contribution in [0.15, 0.2) is 123 Å². The summed E-state index contributed by atoms with van der Waals surface area (Å²) in [6.45, 7) is -2.91. The van der Waals surface area contributed by atoms with Crippen molar-refractivity contribution in [2.24, 2.45) is 0 Å². The third kappa shape index (κ3) is 22.2. The van der Waals surface area contributed by atoms with Crippen molar-refractivity contribution in [1.82, 2.24) is 0 Å². The second-order valence-corrected chi connectivity index (χ2v) is 23.5. The molecule has 0 spiro atoms. The van der Waals surface area contributed by atoms with Crippen LogP contribution < -0.4 is 9.47 Å². The van der Waals surface area contributed by atoms with Crippen molar-refractivity contribution < 1.29 is 32.1 Å². The fourth-order valence-electron chi connectivity index (χ4n) is 6.63. The SMILES string of the molecule is BrB(Br)Br.COc1ccc(Br)cc1CCc1c(C#N)cccc1C#N.FC(F)Cl.N#Cc1cccc(C#N)c1CCc1cc(Br)ccc1O.N#Cc1cccc(C#N)c1CCc1cc(Br)ccc1OC(F)F. The second-order valence-electron chi connectivity index (χ2n) is 14.0. The van der Waals surface area contributed by atoms with Gasteiger partial charge < -0.3 is 14.6 Å². The molecule has 0 atom stereocenters. The first-order valence-electron chi connectivity index (χ1n) is 20.5. The molecule has 0 aromatic heterocycles. The molecule has 0 heterocycles. The lowest BCUT2D eigenvalue weighted by atomic mass is 9.96. The lowest BCUT2D eigenvalue weighted by Gasteiger charge is -2.12. The van der Waals surface area contributed by atoms with Crippen LogP contribution in [0.4, 0.5) is 17.6 Å². The number of aryl methyl sites for hydroxylation is 3. The van der Waals surface area contributed by atoms with Gasteiger partial charge in [-0.2, -0.15) is 49.1 Å². The number of methoxy groups -OCH3 is 1. The first kappa shape index (κ1) is 62.7. The highest BCUT2D eigenvalue weighted by Gasteiger charge is 2.15. The third-order valence-corrected chi connectivity index (χ3v) is 11.2. The van der Waals surface area contributed by atoms with E-state index in [0.29, 0.717) is 83.0 Å². The number of ether oxygens (including phenoxy) is 2. The highest BCUT2D eigenvalue weighted by atomic mass is 79.9. The minimum absolute atomic E-state index is 0.0937. The largest absolute Gasteiger partial charge is 0.508 e. The highest BCUT2D eigenvalue weighted by molar-refractivity contribution is 9.69. The molecule has 0 aliphatic carbocycles. The van der Waals surface area contributed by atoms with E-state index in [2.05, 4.69) is 148 Å². The maximum absolute atomic E-state index is 12.5. The Morgan fingerprint density at radius 2 is 0.778 bits per heavy atom. The summed E-state index contributed by atoms with van der Waals surface area (Å²) in [5.41, 5.74) is 7.52. The summed E-state index contributed by atoms with van der Waals surface area (Å²) in [5, 5.41) is 64.8. The molecule has 9 nitrogen and oxygen atoms in total. The number of phenolic OH excluding ortho intramolecular Hbond substituents is 1. The molecule has 0 amide bonds. The Morgan fingerprint density at radius 1 is 0.500 bits per heavy atom.